The highest BCUT2D eigenvalue weighted by molar-refractivity contribution is 5.80. The number of carbonyl (C=O) groups is 2. The Morgan fingerprint density at radius 3 is 1.21 bits per heavy atom. The van der Waals surface area contributed by atoms with Crippen LogP contribution in [0.25, 0.3) is 0 Å². The van der Waals surface area contributed by atoms with Crippen molar-refractivity contribution in [3.63, 3.8) is 0 Å². The predicted octanol–water partition coefficient (Wildman–Crippen LogP) is 19.1. The monoisotopic (exact) mass is 1220 g/mol. The van der Waals surface area contributed by atoms with Crippen molar-refractivity contribution in [3.8, 4) is 0 Å². The second-order valence-corrected chi connectivity index (χ2v) is 25.3. The molecule has 11 nitrogen and oxygen atoms in total. The second-order valence-electron chi connectivity index (χ2n) is 25.3. The fourth-order valence-corrected chi connectivity index (χ4v) is 11.3. The van der Waals surface area contributed by atoms with Crippen LogP contribution in [-0.4, -0.2) is 99.6 Å². The minimum absolute atomic E-state index is 0.122. The van der Waals surface area contributed by atoms with Gasteiger partial charge in [0, 0.05) is 6.42 Å². The number of aliphatic hydroxyl groups is 5. The summed E-state index contributed by atoms with van der Waals surface area (Å²) in [6.45, 7) is 5.78. The van der Waals surface area contributed by atoms with E-state index in [1.54, 1.807) is 6.08 Å². The van der Waals surface area contributed by atoms with Gasteiger partial charge in [-0.2, -0.15) is 0 Å². The van der Waals surface area contributed by atoms with Gasteiger partial charge in [-0.25, -0.2) is 0 Å². The van der Waals surface area contributed by atoms with Crippen molar-refractivity contribution in [1.29, 1.82) is 0 Å². The third-order valence-electron chi connectivity index (χ3n) is 17.1. The molecule has 11 heteroatoms. The number of nitrogens with one attached hydrogen (secondary N) is 1. The molecule has 0 aromatic heterocycles. The van der Waals surface area contributed by atoms with E-state index < -0.39 is 67.4 Å². The molecule has 0 aromatic carbocycles. The normalized spacial score (nSPS) is 18.6. The van der Waals surface area contributed by atoms with Gasteiger partial charge in [-0.05, 0) is 96.3 Å². The van der Waals surface area contributed by atoms with E-state index in [1.807, 2.05) is 6.08 Å². The van der Waals surface area contributed by atoms with Crippen molar-refractivity contribution in [2.45, 2.75) is 384 Å². The van der Waals surface area contributed by atoms with Gasteiger partial charge in [0.1, 0.15) is 24.4 Å². The summed E-state index contributed by atoms with van der Waals surface area (Å²) in [6.07, 6.45) is 72.2. The van der Waals surface area contributed by atoms with Crippen LogP contribution >= 0.6 is 0 Å². The lowest BCUT2D eigenvalue weighted by molar-refractivity contribution is -0.305. The van der Waals surface area contributed by atoms with E-state index in [1.165, 1.54) is 199 Å². The number of esters is 1. The number of hydrogen-bond acceptors (Lipinski definition) is 10. The Morgan fingerprint density at radius 2 is 0.793 bits per heavy atom. The molecule has 1 fully saturated rings. The Hall–Kier alpha value is -2.90. The largest absolute Gasteiger partial charge is 0.454 e. The molecular weight excluding hydrogens is 1090 g/mol. The summed E-state index contributed by atoms with van der Waals surface area (Å²) in [5.41, 5.74) is 0. The first-order valence-electron chi connectivity index (χ1n) is 36.7. The quantitative estimate of drug-likeness (QED) is 0.0195. The van der Waals surface area contributed by atoms with E-state index in [0.717, 1.165) is 89.9 Å². The number of carbonyl (C=O) groups excluding carboxylic acids is 2. The summed E-state index contributed by atoms with van der Waals surface area (Å²) in [5, 5.41) is 57.3. The highest BCUT2D eigenvalue weighted by Gasteiger charge is 2.47. The van der Waals surface area contributed by atoms with Crippen LogP contribution in [0.1, 0.15) is 335 Å². The zero-order valence-corrected chi connectivity index (χ0v) is 56.4. The lowest BCUT2D eigenvalue weighted by Gasteiger charge is -2.41. The summed E-state index contributed by atoms with van der Waals surface area (Å²) in [5.74, 6) is -1.19. The Kier molecular flexibility index (Phi) is 59.7. The van der Waals surface area contributed by atoms with Gasteiger partial charge in [0.2, 0.25) is 5.91 Å². The number of ether oxygens (including phenoxy) is 3. The first-order chi connectivity index (χ1) is 42.7. The van der Waals surface area contributed by atoms with Crippen LogP contribution in [0.15, 0.2) is 72.9 Å². The molecule has 0 saturated carbocycles. The minimum atomic E-state index is -1.62. The van der Waals surface area contributed by atoms with E-state index in [2.05, 4.69) is 86.8 Å². The predicted molar refractivity (Wildman–Crippen MR) is 366 cm³/mol. The zero-order chi connectivity index (χ0) is 63.1. The van der Waals surface area contributed by atoms with E-state index in [-0.39, 0.29) is 19.4 Å². The maximum absolute atomic E-state index is 13.5. The summed E-state index contributed by atoms with van der Waals surface area (Å²) >= 11 is 0. The van der Waals surface area contributed by atoms with Crippen molar-refractivity contribution in [2.24, 2.45) is 0 Å². The SMILES string of the molecule is CCCCC/C=C\C/C=C\C/C=C\CCCCCCCCCC(O)C(=O)NC(COC1OC(CO)C(O)C(O)C1OC(=O)CCCCCCCCCCCCCCCCC/C=C\C/C=C\CCCCC)C(O)/C=C/CCCCCCCCCCCCC. The molecule has 506 valence electrons. The van der Waals surface area contributed by atoms with Gasteiger partial charge in [0.25, 0.3) is 0 Å². The van der Waals surface area contributed by atoms with Gasteiger partial charge in [0.15, 0.2) is 12.4 Å². The topological polar surface area (TPSA) is 175 Å². The third-order valence-corrected chi connectivity index (χ3v) is 17.1. The van der Waals surface area contributed by atoms with Gasteiger partial charge in [0.05, 0.1) is 25.4 Å². The van der Waals surface area contributed by atoms with E-state index in [0.29, 0.717) is 12.8 Å². The Balaban J connectivity index is 2.57. The maximum atomic E-state index is 13.5. The molecule has 0 radical (unpaired) electrons. The lowest BCUT2D eigenvalue weighted by atomic mass is 9.99. The molecule has 1 aliphatic heterocycles. The van der Waals surface area contributed by atoms with Gasteiger partial charge in [-0.3, -0.25) is 9.59 Å². The van der Waals surface area contributed by atoms with Crippen LogP contribution in [0.5, 0.6) is 0 Å². The average Bonchev–Trinajstić information content (AvgIpc) is 1.52. The van der Waals surface area contributed by atoms with Crippen LogP contribution < -0.4 is 5.32 Å². The number of rotatable bonds is 63. The molecule has 0 aromatic rings. The summed E-state index contributed by atoms with van der Waals surface area (Å²) in [4.78, 5) is 26.7. The van der Waals surface area contributed by atoms with Crippen LogP contribution in [0.3, 0.4) is 0 Å². The standard InChI is InChI=1S/C76H137NO10/c1-4-7-10-13-16-19-22-25-27-29-31-33-34-35-36-37-39-41-43-46-49-52-55-58-61-64-71(81)87-74-73(83)72(82)70(65-78)86-76(74)85-66-67(68(79)62-59-56-53-50-47-44-24-21-18-15-12-9-6-3)77-75(84)69(80)63-60-57-54-51-48-45-42-40-38-32-30-28-26-23-20-17-14-11-8-5-2/h16-17,19-20,25-28,32,38,59,62,67-70,72-74,76,78-80,82-83H,4-15,18,21-24,29-31,33-37,39-58,60-61,63-66H2,1-3H3,(H,77,84)/b19-16-,20-17-,27-25-,28-26-,38-32-,62-59+. The van der Waals surface area contributed by atoms with Crippen molar-refractivity contribution in [2.75, 3.05) is 13.2 Å². The fourth-order valence-electron chi connectivity index (χ4n) is 11.3. The lowest BCUT2D eigenvalue weighted by Crippen LogP contribution is -2.61. The Bertz CT molecular complexity index is 1690. The minimum Gasteiger partial charge on any atom is -0.454 e. The van der Waals surface area contributed by atoms with Gasteiger partial charge >= 0.3 is 5.97 Å². The third kappa shape index (κ3) is 50.4. The average molecular weight is 1220 g/mol. The van der Waals surface area contributed by atoms with Crippen LogP contribution in [0.4, 0.5) is 0 Å². The number of amides is 1. The number of unbranched alkanes of at least 4 members (excludes halogenated alkanes) is 39. The number of allylic oxidation sites excluding steroid dienone is 11. The van der Waals surface area contributed by atoms with Gasteiger partial charge in [-0.15, -0.1) is 0 Å². The van der Waals surface area contributed by atoms with Gasteiger partial charge < -0.3 is 45.1 Å². The second kappa shape index (κ2) is 63.3. The molecule has 0 aliphatic carbocycles. The molecule has 87 heavy (non-hydrogen) atoms. The molecule has 1 aliphatic rings. The zero-order valence-electron chi connectivity index (χ0n) is 56.4. The molecule has 1 rings (SSSR count). The molecule has 8 unspecified atom stereocenters. The first-order valence-corrected chi connectivity index (χ1v) is 36.7. The van der Waals surface area contributed by atoms with Crippen LogP contribution in [0, 0.1) is 0 Å². The van der Waals surface area contributed by atoms with Crippen molar-refractivity contribution >= 4 is 11.9 Å². The fraction of sp³-hybridized carbons (Fsp3) is 0.816. The van der Waals surface area contributed by atoms with E-state index >= 15 is 0 Å². The highest BCUT2D eigenvalue weighted by Crippen LogP contribution is 2.26. The van der Waals surface area contributed by atoms with Crippen LogP contribution in [-0.2, 0) is 23.8 Å². The molecule has 0 bridgehead atoms. The molecule has 8 atom stereocenters. The summed E-state index contributed by atoms with van der Waals surface area (Å²) in [7, 11) is 0. The van der Waals surface area contributed by atoms with Crippen molar-refractivity contribution < 1.29 is 49.3 Å². The first kappa shape index (κ1) is 82.1. The molecule has 1 heterocycles. The van der Waals surface area contributed by atoms with E-state index in [9.17, 15) is 35.1 Å². The van der Waals surface area contributed by atoms with Crippen LogP contribution in [0.2, 0.25) is 0 Å². The summed E-state index contributed by atoms with van der Waals surface area (Å²) < 4.78 is 17.7. The van der Waals surface area contributed by atoms with Crippen molar-refractivity contribution in [3.05, 3.63) is 72.9 Å². The molecule has 0 spiro atoms. The smallest absolute Gasteiger partial charge is 0.306 e. The van der Waals surface area contributed by atoms with E-state index in [4.69, 9.17) is 14.2 Å². The Labute approximate surface area is 534 Å². The molecule has 6 N–H and O–H groups in total. The highest BCUT2D eigenvalue weighted by atomic mass is 16.7. The molecule has 1 amide bonds. The van der Waals surface area contributed by atoms with Crippen molar-refractivity contribution in [1.82, 2.24) is 5.32 Å². The number of aliphatic hydroxyl groups excluding tert-OH is 5. The summed E-state index contributed by atoms with van der Waals surface area (Å²) in [6, 6.07) is -1.03. The maximum Gasteiger partial charge on any atom is 0.306 e. The number of hydrogen-bond donors (Lipinski definition) is 6. The Morgan fingerprint density at radius 1 is 0.448 bits per heavy atom. The van der Waals surface area contributed by atoms with Gasteiger partial charge in [-0.1, -0.05) is 306 Å². The molecule has 1 saturated heterocycles. The molecular formula is C76H137NO10.